The number of hydrogen-bond acceptors (Lipinski definition) is 5. The van der Waals surface area contributed by atoms with Crippen molar-refractivity contribution in [3.8, 4) is 11.1 Å². The van der Waals surface area contributed by atoms with Gasteiger partial charge >= 0.3 is 12.1 Å². The van der Waals surface area contributed by atoms with Crippen LogP contribution < -0.4 is 10.6 Å². The lowest BCUT2D eigenvalue weighted by atomic mass is 9.98. The molecule has 3 N–H and O–H groups in total. The third-order valence-corrected chi connectivity index (χ3v) is 6.44. The Hall–Kier alpha value is -3.00. The predicted octanol–water partition coefficient (Wildman–Crippen LogP) is 3.87. The third-order valence-electron chi connectivity index (χ3n) is 5.79. The van der Waals surface area contributed by atoms with E-state index >= 15 is 0 Å². The maximum Gasteiger partial charge on any atom is 0.407 e. The molecule has 3 rings (SSSR count). The Morgan fingerprint density at radius 2 is 1.58 bits per heavy atom. The van der Waals surface area contributed by atoms with Crippen LogP contribution in [0, 0.1) is 5.92 Å². The number of rotatable bonds is 10. The van der Waals surface area contributed by atoms with Gasteiger partial charge in [-0.25, -0.2) is 9.59 Å². The molecule has 0 aliphatic heterocycles. The molecule has 2 atom stereocenters. The summed E-state index contributed by atoms with van der Waals surface area (Å²) in [7, 11) is 0. The molecule has 1 aliphatic rings. The van der Waals surface area contributed by atoms with Gasteiger partial charge in [-0.05, 0) is 46.6 Å². The van der Waals surface area contributed by atoms with Gasteiger partial charge in [-0.1, -0.05) is 62.4 Å². The van der Waals surface area contributed by atoms with Gasteiger partial charge in [0.25, 0.3) is 0 Å². The first-order valence-corrected chi connectivity index (χ1v) is 12.4. The largest absolute Gasteiger partial charge is 0.480 e. The lowest BCUT2D eigenvalue weighted by Gasteiger charge is -2.23. The minimum Gasteiger partial charge on any atom is -0.480 e. The Labute approximate surface area is 198 Å². The summed E-state index contributed by atoms with van der Waals surface area (Å²) in [4.78, 5) is 36.8. The van der Waals surface area contributed by atoms with Gasteiger partial charge in [0.2, 0.25) is 5.91 Å². The molecule has 7 nitrogen and oxygen atoms in total. The fourth-order valence-electron chi connectivity index (χ4n) is 4.05. The molecule has 1 aliphatic carbocycles. The highest BCUT2D eigenvalue weighted by Crippen LogP contribution is 2.44. The number of carboxylic acid groups (broad SMARTS) is 1. The molecule has 0 saturated heterocycles. The Kier molecular flexibility index (Phi) is 8.38. The average molecular weight is 471 g/mol. The summed E-state index contributed by atoms with van der Waals surface area (Å²) in [5, 5.41) is 14.5. The molecule has 2 aromatic rings. The molecule has 2 aromatic carbocycles. The first kappa shape index (κ1) is 24.6. The van der Waals surface area contributed by atoms with Gasteiger partial charge in [-0.15, -0.1) is 0 Å². The minimum absolute atomic E-state index is 0.0843. The lowest BCUT2D eigenvalue weighted by molar-refractivity contribution is -0.143. The topological polar surface area (TPSA) is 105 Å². The number of fused-ring (bicyclic) bond motifs is 3. The highest BCUT2D eigenvalue weighted by Gasteiger charge is 2.31. The molecule has 176 valence electrons. The number of nitrogens with one attached hydrogen (secondary N) is 2. The molecule has 0 spiro atoms. The fourth-order valence-corrected chi connectivity index (χ4v) is 4.53. The van der Waals surface area contributed by atoms with Crippen LogP contribution in [0.15, 0.2) is 48.5 Å². The standard InChI is InChI=1S/C25H30N2O5S/c1-15(2)22(24(29)30)27-23(28)21(12-13-33-3)26-25(31)32-14-20-18-10-6-4-8-16(18)17-9-5-7-11-19(17)20/h4-11,15,20-22H,12-14H2,1-3H3,(H,26,31)(H,27,28)(H,29,30)/t21-,22+/m0/s1. The SMILES string of the molecule is CSCC[C@H](NC(=O)OCC1c2ccccc2-c2ccccc21)C(=O)N[C@@H](C(=O)O)C(C)C. The number of amides is 2. The Morgan fingerprint density at radius 1 is 1.00 bits per heavy atom. The highest BCUT2D eigenvalue weighted by atomic mass is 32.2. The van der Waals surface area contributed by atoms with Crippen LogP contribution in [-0.2, 0) is 14.3 Å². The molecule has 8 heteroatoms. The Morgan fingerprint density at radius 3 is 2.09 bits per heavy atom. The van der Waals surface area contributed by atoms with Crippen LogP contribution in [0.1, 0.15) is 37.3 Å². The summed E-state index contributed by atoms with van der Waals surface area (Å²) >= 11 is 1.54. The number of hydrogen-bond donors (Lipinski definition) is 3. The zero-order valence-electron chi connectivity index (χ0n) is 19.0. The van der Waals surface area contributed by atoms with Crippen molar-refractivity contribution in [2.75, 3.05) is 18.6 Å². The maximum absolute atomic E-state index is 12.7. The van der Waals surface area contributed by atoms with Crippen LogP contribution in [-0.4, -0.2) is 53.8 Å². The number of carbonyl (C=O) groups is 3. The molecule has 0 radical (unpaired) electrons. The zero-order valence-corrected chi connectivity index (χ0v) is 19.9. The monoisotopic (exact) mass is 470 g/mol. The second-order valence-corrected chi connectivity index (χ2v) is 9.36. The molecule has 0 aromatic heterocycles. The van der Waals surface area contributed by atoms with Gasteiger partial charge in [0.05, 0.1) is 0 Å². The molecular weight excluding hydrogens is 440 g/mol. The van der Waals surface area contributed by atoms with Gasteiger partial charge < -0.3 is 20.5 Å². The molecule has 0 unspecified atom stereocenters. The quantitative estimate of drug-likeness (QED) is 0.487. The third kappa shape index (κ3) is 5.87. The van der Waals surface area contributed by atoms with E-state index < -0.39 is 30.1 Å². The van der Waals surface area contributed by atoms with Crippen molar-refractivity contribution < 1.29 is 24.2 Å². The molecule has 33 heavy (non-hydrogen) atoms. The van der Waals surface area contributed by atoms with Crippen LogP contribution in [0.3, 0.4) is 0 Å². The molecule has 0 saturated carbocycles. The first-order chi connectivity index (χ1) is 15.8. The second kappa shape index (κ2) is 11.2. The van der Waals surface area contributed by atoms with Crippen molar-refractivity contribution in [1.29, 1.82) is 0 Å². The van der Waals surface area contributed by atoms with E-state index in [0.29, 0.717) is 12.2 Å². The predicted molar refractivity (Wildman–Crippen MR) is 129 cm³/mol. The molecule has 0 fully saturated rings. The van der Waals surface area contributed by atoms with E-state index in [9.17, 15) is 19.5 Å². The van der Waals surface area contributed by atoms with Gasteiger partial charge in [-0.3, -0.25) is 4.79 Å². The van der Waals surface area contributed by atoms with Crippen molar-refractivity contribution in [2.24, 2.45) is 5.92 Å². The van der Waals surface area contributed by atoms with Crippen LogP contribution >= 0.6 is 11.8 Å². The molecule has 0 heterocycles. The zero-order chi connectivity index (χ0) is 24.0. The summed E-state index contributed by atoms with van der Waals surface area (Å²) in [5.74, 6) is -1.39. The fraction of sp³-hybridized carbons (Fsp3) is 0.400. The number of carbonyl (C=O) groups excluding carboxylic acids is 2. The van der Waals surface area contributed by atoms with E-state index in [0.717, 1.165) is 22.3 Å². The van der Waals surface area contributed by atoms with Gasteiger partial charge in [-0.2, -0.15) is 11.8 Å². The van der Waals surface area contributed by atoms with Crippen LogP contribution in [0.2, 0.25) is 0 Å². The molecular formula is C25H30N2O5S. The summed E-state index contributed by atoms with van der Waals surface area (Å²) in [6, 6.07) is 14.2. The van der Waals surface area contributed by atoms with E-state index in [4.69, 9.17) is 4.74 Å². The summed E-state index contributed by atoms with van der Waals surface area (Å²) in [6.07, 6.45) is 1.56. The van der Waals surface area contributed by atoms with Gasteiger partial charge in [0.15, 0.2) is 0 Å². The van der Waals surface area contributed by atoms with Crippen molar-refractivity contribution in [1.82, 2.24) is 10.6 Å². The second-order valence-electron chi connectivity index (χ2n) is 8.37. The number of aliphatic carboxylic acids is 1. The van der Waals surface area contributed by atoms with Crippen LogP contribution in [0.5, 0.6) is 0 Å². The Bertz CT molecular complexity index is 964. The van der Waals surface area contributed by atoms with E-state index in [1.807, 2.05) is 42.7 Å². The number of thioether (sulfide) groups is 1. The smallest absolute Gasteiger partial charge is 0.407 e. The Balaban J connectivity index is 1.66. The average Bonchev–Trinajstić information content (AvgIpc) is 3.12. The van der Waals surface area contributed by atoms with E-state index in [2.05, 4.69) is 22.8 Å². The summed E-state index contributed by atoms with van der Waals surface area (Å²) in [5.41, 5.74) is 4.47. The number of ether oxygens (including phenoxy) is 1. The first-order valence-electron chi connectivity index (χ1n) is 11.0. The van der Waals surface area contributed by atoms with Crippen molar-refractivity contribution in [3.05, 3.63) is 59.7 Å². The highest BCUT2D eigenvalue weighted by molar-refractivity contribution is 7.98. The van der Waals surface area contributed by atoms with E-state index in [1.165, 1.54) is 11.8 Å². The number of benzene rings is 2. The normalized spacial score (nSPS) is 14.2. The van der Waals surface area contributed by atoms with Crippen molar-refractivity contribution >= 4 is 29.7 Å². The van der Waals surface area contributed by atoms with E-state index in [1.54, 1.807) is 13.8 Å². The summed E-state index contributed by atoms with van der Waals surface area (Å²) < 4.78 is 5.55. The lowest BCUT2D eigenvalue weighted by Crippen LogP contribution is -2.53. The van der Waals surface area contributed by atoms with Gasteiger partial charge in [0.1, 0.15) is 18.7 Å². The van der Waals surface area contributed by atoms with Crippen LogP contribution in [0.25, 0.3) is 11.1 Å². The maximum atomic E-state index is 12.7. The van der Waals surface area contributed by atoms with E-state index in [-0.39, 0.29) is 18.4 Å². The molecule has 2 amide bonds. The number of alkyl carbamates (subject to hydrolysis) is 1. The van der Waals surface area contributed by atoms with Crippen LogP contribution in [0.4, 0.5) is 4.79 Å². The molecule has 0 bridgehead atoms. The van der Waals surface area contributed by atoms with Gasteiger partial charge in [0, 0.05) is 5.92 Å². The number of carboxylic acids is 1. The van der Waals surface area contributed by atoms with Crippen molar-refractivity contribution in [2.45, 2.75) is 38.3 Å². The van der Waals surface area contributed by atoms with Crippen molar-refractivity contribution in [3.63, 3.8) is 0 Å². The summed E-state index contributed by atoms with van der Waals surface area (Å²) in [6.45, 7) is 3.57. The minimum atomic E-state index is -1.11.